The van der Waals surface area contributed by atoms with Crippen LogP contribution in [0.15, 0.2) is 199 Å². The fraction of sp³-hybridized carbons (Fsp3) is 0.0526. The average Bonchev–Trinajstić information content (AvgIpc) is 4.01. The van der Waals surface area contributed by atoms with Crippen LogP contribution in [0.1, 0.15) is 25.0 Å². The fourth-order valence-electron chi connectivity index (χ4n) is 10.4. The van der Waals surface area contributed by atoms with E-state index in [1.54, 1.807) is 0 Å². The maximum atomic E-state index is 6.26. The normalized spacial score (nSPS) is 13.3. The van der Waals surface area contributed by atoms with Gasteiger partial charge in [-0.2, -0.15) is 0 Å². The van der Waals surface area contributed by atoms with Crippen LogP contribution in [0.5, 0.6) is 0 Å². The molecular formula is C57H38N2O. The molecule has 0 bridgehead atoms. The zero-order valence-electron chi connectivity index (χ0n) is 33.3. The number of furan rings is 1. The summed E-state index contributed by atoms with van der Waals surface area (Å²) < 4.78 is 8.72. The Balaban J connectivity index is 0.919. The third kappa shape index (κ3) is 4.66. The first kappa shape index (κ1) is 33.4. The molecule has 3 heterocycles. The number of aromatic nitrogens is 1. The molecule has 12 aromatic rings. The van der Waals surface area contributed by atoms with Crippen molar-refractivity contribution in [1.29, 1.82) is 0 Å². The molecule has 282 valence electrons. The highest BCUT2D eigenvalue weighted by molar-refractivity contribution is 6.23. The zero-order chi connectivity index (χ0) is 39.7. The topological polar surface area (TPSA) is 20.8 Å². The second-order valence-electron chi connectivity index (χ2n) is 16.9. The van der Waals surface area contributed by atoms with Crippen LogP contribution in [-0.4, -0.2) is 4.40 Å². The SMILES string of the molecule is CC1(C)c2ccccc2-c2ccc(N(c3ccc(-c4ccc5c(c4)oc4ccccc45)cc3)c3ccc(-c4ccc5c6cccc7c8ccccc8n(c5c4)c76)cc3)cc21. The first-order valence-electron chi connectivity index (χ1n) is 20.8. The van der Waals surface area contributed by atoms with Crippen molar-refractivity contribution in [1.82, 2.24) is 4.40 Å². The summed E-state index contributed by atoms with van der Waals surface area (Å²) in [7, 11) is 0. The van der Waals surface area contributed by atoms with Crippen molar-refractivity contribution in [3.63, 3.8) is 0 Å². The Labute approximate surface area is 347 Å². The van der Waals surface area contributed by atoms with Gasteiger partial charge >= 0.3 is 0 Å². The molecule has 1 aliphatic carbocycles. The minimum atomic E-state index is -0.111. The first-order valence-corrected chi connectivity index (χ1v) is 20.8. The van der Waals surface area contributed by atoms with E-state index >= 15 is 0 Å². The summed E-state index contributed by atoms with van der Waals surface area (Å²) in [6.45, 7) is 4.70. The summed E-state index contributed by atoms with van der Waals surface area (Å²) in [6.07, 6.45) is 0. The van der Waals surface area contributed by atoms with Gasteiger partial charge < -0.3 is 13.7 Å². The van der Waals surface area contributed by atoms with Crippen LogP contribution in [0.4, 0.5) is 17.1 Å². The Hall–Kier alpha value is -7.62. The number of nitrogens with zero attached hydrogens (tertiary/aromatic N) is 2. The number of fused-ring (bicyclic) bond motifs is 12. The van der Waals surface area contributed by atoms with Gasteiger partial charge in [-0.3, -0.25) is 0 Å². The molecule has 0 saturated carbocycles. The Morgan fingerprint density at radius 2 is 0.933 bits per heavy atom. The van der Waals surface area contributed by atoms with E-state index in [1.165, 1.54) is 71.5 Å². The average molecular weight is 767 g/mol. The maximum absolute atomic E-state index is 6.26. The van der Waals surface area contributed by atoms with Crippen molar-refractivity contribution in [2.24, 2.45) is 0 Å². The van der Waals surface area contributed by atoms with Crippen LogP contribution in [0.3, 0.4) is 0 Å². The van der Waals surface area contributed by atoms with E-state index in [2.05, 4.69) is 205 Å². The van der Waals surface area contributed by atoms with E-state index < -0.39 is 0 Å². The molecule has 0 amide bonds. The first-order chi connectivity index (χ1) is 29.5. The van der Waals surface area contributed by atoms with Crippen LogP contribution >= 0.6 is 0 Å². The number of para-hydroxylation sites is 3. The predicted octanol–water partition coefficient (Wildman–Crippen LogP) is 15.8. The molecule has 0 atom stereocenters. The molecule has 1 aliphatic rings. The summed E-state index contributed by atoms with van der Waals surface area (Å²) in [4.78, 5) is 2.40. The molecule has 0 radical (unpaired) electrons. The molecule has 0 aliphatic heterocycles. The van der Waals surface area contributed by atoms with Gasteiger partial charge in [-0.25, -0.2) is 0 Å². The lowest BCUT2D eigenvalue weighted by Gasteiger charge is -2.28. The number of hydrogen-bond acceptors (Lipinski definition) is 2. The highest BCUT2D eigenvalue weighted by atomic mass is 16.3. The number of hydrogen-bond donors (Lipinski definition) is 0. The third-order valence-corrected chi connectivity index (χ3v) is 13.3. The van der Waals surface area contributed by atoms with E-state index in [-0.39, 0.29) is 5.41 Å². The van der Waals surface area contributed by atoms with Crippen molar-refractivity contribution in [2.45, 2.75) is 19.3 Å². The molecule has 0 fully saturated rings. The Kier molecular flexibility index (Phi) is 6.78. The molecule has 0 spiro atoms. The second kappa shape index (κ2) is 12.2. The summed E-state index contributed by atoms with van der Waals surface area (Å²) in [5, 5.41) is 7.49. The van der Waals surface area contributed by atoms with Crippen molar-refractivity contribution in [3.8, 4) is 33.4 Å². The Morgan fingerprint density at radius 3 is 1.70 bits per heavy atom. The van der Waals surface area contributed by atoms with Gasteiger partial charge in [-0.1, -0.05) is 141 Å². The fourth-order valence-corrected chi connectivity index (χ4v) is 10.4. The standard InChI is InChI=1S/C57H38N2O/c1-57(2)50-15-6-3-10-42(50)43-31-28-41(34-51(43)57)58(40-26-20-36(21-27-40)38-23-30-47-46-12-5-8-17-54(46)60-55(47)33-38)39-24-18-35(19-25-39)37-22-29-45-49-14-9-13-48-44-11-4-7-16-52(44)59(56(48)49)53(45)32-37/h3-34H,1-2H3. The van der Waals surface area contributed by atoms with Gasteiger partial charge in [0.15, 0.2) is 0 Å². The van der Waals surface area contributed by atoms with Gasteiger partial charge in [0.25, 0.3) is 0 Å². The number of benzene rings is 9. The summed E-state index contributed by atoms with van der Waals surface area (Å²) in [5.74, 6) is 0. The van der Waals surface area contributed by atoms with E-state index in [4.69, 9.17) is 4.42 Å². The van der Waals surface area contributed by atoms with Crippen molar-refractivity contribution >= 4 is 77.1 Å². The highest BCUT2D eigenvalue weighted by Gasteiger charge is 2.35. The summed E-state index contributed by atoms with van der Waals surface area (Å²) >= 11 is 0. The van der Waals surface area contributed by atoms with Gasteiger partial charge in [0, 0.05) is 54.8 Å². The molecular weight excluding hydrogens is 729 g/mol. The molecule has 3 nitrogen and oxygen atoms in total. The Bertz CT molecular complexity index is 3680. The molecule has 3 aromatic heterocycles. The predicted molar refractivity (Wildman–Crippen MR) is 251 cm³/mol. The van der Waals surface area contributed by atoms with Crippen LogP contribution in [0.25, 0.3) is 93.4 Å². The lowest BCUT2D eigenvalue weighted by molar-refractivity contribution is 0.660. The molecule has 60 heavy (non-hydrogen) atoms. The number of anilines is 3. The minimum absolute atomic E-state index is 0.111. The van der Waals surface area contributed by atoms with E-state index in [9.17, 15) is 0 Å². The summed E-state index contributed by atoms with van der Waals surface area (Å²) in [5.41, 5.74) is 18.9. The van der Waals surface area contributed by atoms with Gasteiger partial charge in [0.1, 0.15) is 11.2 Å². The molecule has 0 N–H and O–H groups in total. The lowest BCUT2D eigenvalue weighted by atomic mass is 9.82. The van der Waals surface area contributed by atoms with Gasteiger partial charge in [-0.05, 0) is 111 Å². The highest BCUT2D eigenvalue weighted by Crippen LogP contribution is 2.51. The minimum Gasteiger partial charge on any atom is -0.456 e. The van der Waals surface area contributed by atoms with Gasteiger partial charge in [-0.15, -0.1) is 0 Å². The number of rotatable bonds is 5. The van der Waals surface area contributed by atoms with Crippen LogP contribution in [0, 0.1) is 0 Å². The maximum Gasteiger partial charge on any atom is 0.136 e. The van der Waals surface area contributed by atoms with Gasteiger partial charge in [0.05, 0.1) is 16.6 Å². The molecule has 13 rings (SSSR count). The largest absolute Gasteiger partial charge is 0.456 e. The Morgan fingerprint density at radius 1 is 0.383 bits per heavy atom. The van der Waals surface area contributed by atoms with E-state index in [1.807, 2.05) is 12.1 Å². The monoisotopic (exact) mass is 766 g/mol. The van der Waals surface area contributed by atoms with Crippen LogP contribution in [-0.2, 0) is 5.41 Å². The van der Waals surface area contributed by atoms with Crippen molar-refractivity contribution in [2.75, 3.05) is 4.90 Å². The third-order valence-electron chi connectivity index (χ3n) is 13.3. The molecule has 0 saturated heterocycles. The second-order valence-corrected chi connectivity index (χ2v) is 16.9. The van der Waals surface area contributed by atoms with Crippen LogP contribution < -0.4 is 4.90 Å². The molecule has 3 heteroatoms. The zero-order valence-corrected chi connectivity index (χ0v) is 33.3. The van der Waals surface area contributed by atoms with Crippen molar-refractivity contribution < 1.29 is 4.42 Å². The van der Waals surface area contributed by atoms with E-state index in [0.29, 0.717) is 0 Å². The lowest BCUT2D eigenvalue weighted by Crippen LogP contribution is -2.16. The molecule has 9 aromatic carbocycles. The summed E-state index contributed by atoms with van der Waals surface area (Å²) in [6, 6.07) is 71.2. The smallest absolute Gasteiger partial charge is 0.136 e. The van der Waals surface area contributed by atoms with Gasteiger partial charge in [0.2, 0.25) is 0 Å². The molecule has 0 unspecified atom stereocenters. The van der Waals surface area contributed by atoms with Crippen molar-refractivity contribution in [3.05, 3.63) is 205 Å². The quantitative estimate of drug-likeness (QED) is 0.174. The van der Waals surface area contributed by atoms with Crippen LogP contribution in [0.2, 0.25) is 0 Å². The van der Waals surface area contributed by atoms with E-state index in [0.717, 1.165) is 50.1 Å².